The van der Waals surface area contributed by atoms with E-state index in [2.05, 4.69) is 4.98 Å². The van der Waals surface area contributed by atoms with Gasteiger partial charge < -0.3 is 9.47 Å². The summed E-state index contributed by atoms with van der Waals surface area (Å²) in [6.45, 7) is 2.38. The molecular formula is C27H22N2O5S. The molecule has 1 fully saturated rings. The molecule has 0 N–H and O–H groups in total. The molecule has 176 valence electrons. The number of hydrogen-bond acceptors (Lipinski definition) is 7. The van der Waals surface area contributed by atoms with Crippen molar-refractivity contribution in [1.29, 1.82) is 0 Å². The van der Waals surface area contributed by atoms with Crippen molar-refractivity contribution in [3.63, 3.8) is 0 Å². The van der Waals surface area contributed by atoms with Crippen LogP contribution in [0.25, 0.3) is 10.2 Å². The first-order valence-electron chi connectivity index (χ1n) is 11.2. The summed E-state index contributed by atoms with van der Waals surface area (Å²) in [4.78, 5) is 46.2. The number of nitrogens with zero attached hydrogens (tertiary/aromatic N) is 2. The number of hydrogen-bond donors (Lipinski definition) is 0. The summed E-state index contributed by atoms with van der Waals surface area (Å²) >= 11 is 1.28. The Morgan fingerprint density at radius 1 is 1.00 bits per heavy atom. The second-order valence-electron chi connectivity index (χ2n) is 8.02. The first kappa shape index (κ1) is 22.7. The van der Waals surface area contributed by atoms with Crippen molar-refractivity contribution < 1.29 is 23.9 Å². The van der Waals surface area contributed by atoms with Gasteiger partial charge in [0, 0.05) is 5.56 Å². The summed E-state index contributed by atoms with van der Waals surface area (Å²) in [6, 6.07) is 20.4. The Morgan fingerprint density at radius 2 is 1.71 bits per heavy atom. The van der Waals surface area contributed by atoms with E-state index < -0.39 is 29.4 Å². The van der Waals surface area contributed by atoms with Gasteiger partial charge in [0.1, 0.15) is 17.4 Å². The van der Waals surface area contributed by atoms with Gasteiger partial charge in [0.05, 0.1) is 30.0 Å². The first-order valence-corrected chi connectivity index (χ1v) is 12.0. The van der Waals surface area contributed by atoms with Crippen LogP contribution < -0.4 is 14.4 Å². The number of methoxy groups -OCH3 is 1. The van der Waals surface area contributed by atoms with Gasteiger partial charge in [-0.15, -0.1) is 0 Å². The highest BCUT2D eigenvalue weighted by Crippen LogP contribution is 2.44. The molecule has 3 aromatic carbocycles. The molecule has 1 aliphatic heterocycles. The fraction of sp³-hybridized carbons (Fsp3) is 0.185. The van der Waals surface area contributed by atoms with E-state index in [1.165, 1.54) is 16.2 Å². The van der Waals surface area contributed by atoms with Crippen LogP contribution in [0.1, 0.15) is 28.9 Å². The third-order valence-corrected chi connectivity index (χ3v) is 6.99. The summed E-state index contributed by atoms with van der Waals surface area (Å²) in [7, 11) is 1.58. The number of ketones is 2. The summed E-state index contributed by atoms with van der Waals surface area (Å²) in [5, 5.41) is 0.363. The fourth-order valence-corrected chi connectivity index (χ4v) is 5.34. The minimum absolute atomic E-state index is 0.344. The lowest BCUT2D eigenvalue weighted by Crippen LogP contribution is -2.30. The normalized spacial score (nSPS) is 17.7. The Bertz CT molecular complexity index is 1410. The lowest BCUT2D eigenvalue weighted by Gasteiger charge is -2.25. The zero-order valence-corrected chi connectivity index (χ0v) is 20.0. The predicted octanol–water partition coefficient (Wildman–Crippen LogP) is 4.86. The Labute approximate surface area is 205 Å². The SMILES string of the molecule is CCOc1ccc(C(=O)C2C(=O)C(=O)N(c3nc4ccc(OC)cc4s3)C2c2ccccc2)cc1. The lowest BCUT2D eigenvalue weighted by atomic mass is 9.86. The molecular weight excluding hydrogens is 464 g/mol. The Kier molecular flexibility index (Phi) is 6.05. The Hall–Kier alpha value is -4.04. The molecule has 1 aromatic heterocycles. The minimum Gasteiger partial charge on any atom is -0.497 e. The first-order chi connectivity index (χ1) is 17.0. The Morgan fingerprint density at radius 3 is 2.40 bits per heavy atom. The van der Waals surface area contributed by atoms with Crippen LogP contribution in [-0.4, -0.2) is 36.2 Å². The average molecular weight is 487 g/mol. The van der Waals surface area contributed by atoms with E-state index in [0.29, 0.717) is 39.9 Å². The van der Waals surface area contributed by atoms with Crippen molar-refractivity contribution in [3.8, 4) is 11.5 Å². The Balaban J connectivity index is 1.59. The molecule has 7 nitrogen and oxygen atoms in total. The average Bonchev–Trinajstić information content (AvgIpc) is 3.42. The number of amides is 1. The number of aromatic nitrogens is 1. The van der Waals surface area contributed by atoms with Gasteiger partial charge in [-0.3, -0.25) is 19.3 Å². The van der Waals surface area contributed by atoms with Crippen LogP contribution in [0.5, 0.6) is 11.5 Å². The molecule has 0 radical (unpaired) electrons. The number of rotatable bonds is 7. The van der Waals surface area contributed by atoms with Crippen LogP contribution in [0.4, 0.5) is 5.13 Å². The number of fused-ring (bicyclic) bond motifs is 1. The van der Waals surface area contributed by atoms with Crippen LogP contribution in [0.15, 0.2) is 72.8 Å². The minimum atomic E-state index is -1.19. The highest BCUT2D eigenvalue weighted by atomic mass is 32.1. The maximum atomic E-state index is 13.6. The van der Waals surface area contributed by atoms with E-state index >= 15 is 0 Å². The number of benzene rings is 3. The van der Waals surface area contributed by atoms with Gasteiger partial charge >= 0.3 is 0 Å². The molecule has 4 aromatic rings. The van der Waals surface area contributed by atoms with Crippen molar-refractivity contribution in [1.82, 2.24) is 4.98 Å². The molecule has 0 spiro atoms. The van der Waals surface area contributed by atoms with Gasteiger partial charge in [-0.1, -0.05) is 41.7 Å². The van der Waals surface area contributed by atoms with E-state index in [1.54, 1.807) is 43.5 Å². The zero-order valence-electron chi connectivity index (χ0n) is 19.1. The van der Waals surface area contributed by atoms with Crippen molar-refractivity contribution in [2.75, 3.05) is 18.6 Å². The maximum absolute atomic E-state index is 13.6. The highest BCUT2D eigenvalue weighted by Gasteiger charge is 2.53. The fourth-order valence-electron chi connectivity index (χ4n) is 4.32. The van der Waals surface area contributed by atoms with Crippen LogP contribution in [0.2, 0.25) is 0 Å². The molecule has 2 heterocycles. The second kappa shape index (κ2) is 9.31. The van der Waals surface area contributed by atoms with Gasteiger partial charge in [0.25, 0.3) is 5.91 Å². The van der Waals surface area contributed by atoms with Crippen molar-refractivity contribution in [2.45, 2.75) is 13.0 Å². The van der Waals surface area contributed by atoms with Crippen LogP contribution in [0.3, 0.4) is 0 Å². The van der Waals surface area contributed by atoms with Gasteiger partial charge in [0.2, 0.25) is 5.78 Å². The third kappa shape index (κ3) is 4.06. The van der Waals surface area contributed by atoms with E-state index in [-0.39, 0.29) is 0 Å². The molecule has 0 saturated carbocycles. The molecule has 1 saturated heterocycles. The summed E-state index contributed by atoms with van der Waals surface area (Å²) in [5.41, 5.74) is 1.71. The van der Waals surface area contributed by atoms with Crippen molar-refractivity contribution in [3.05, 3.63) is 83.9 Å². The van der Waals surface area contributed by atoms with Gasteiger partial charge in [-0.05, 0) is 55.0 Å². The largest absolute Gasteiger partial charge is 0.497 e. The summed E-state index contributed by atoms with van der Waals surface area (Å²) in [5.74, 6) is -1.79. The molecule has 0 aliphatic carbocycles. The van der Waals surface area contributed by atoms with Crippen LogP contribution in [-0.2, 0) is 9.59 Å². The predicted molar refractivity (Wildman–Crippen MR) is 133 cm³/mol. The second-order valence-corrected chi connectivity index (χ2v) is 9.03. The molecule has 5 rings (SSSR count). The van der Waals surface area contributed by atoms with Crippen molar-refractivity contribution >= 4 is 44.2 Å². The van der Waals surface area contributed by atoms with Crippen LogP contribution >= 0.6 is 11.3 Å². The molecule has 0 bridgehead atoms. The number of Topliss-reactive ketones (excluding diaryl/α,β-unsaturated/α-hetero) is 2. The quantitative estimate of drug-likeness (QED) is 0.211. The topological polar surface area (TPSA) is 85.8 Å². The third-order valence-electron chi connectivity index (χ3n) is 5.97. The molecule has 35 heavy (non-hydrogen) atoms. The summed E-state index contributed by atoms with van der Waals surface area (Å²) in [6.07, 6.45) is 0. The molecule has 2 atom stereocenters. The number of carbonyl (C=O) groups is 3. The molecule has 2 unspecified atom stereocenters. The number of carbonyl (C=O) groups excluding carboxylic acids is 3. The lowest BCUT2D eigenvalue weighted by molar-refractivity contribution is -0.135. The number of anilines is 1. The smallest absolute Gasteiger partial charge is 0.297 e. The standard InChI is InChI=1S/C27H22N2O5S/c1-3-34-18-11-9-17(10-12-18)24(30)22-23(16-7-5-4-6-8-16)29(26(32)25(22)31)27-28-20-14-13-19(33-2)15-21(20)35-27/h4-15,22-23H,3H2,1-2H3. The van der Waals surface area contributed by atoms with E-state index in [9.17, 15) is 14.4 Å². The van der Waals surface area contributed by atoms with Gasteiger partial charge in [-0.2, -0.15) is 0 Å². The van der Waals surface area contributed by atoms with E-state index in [1.807, 2.05) is 43.3 Å². The molecule has 1 aliphatic rings. The van der Waals surface area contributed by atoms with E-state index in [4.69, 9.17) is 9.47 Å². The zero-order chi connectivity index (χ0) is 24.5. The van der Waals surface area contributed by atoms with Crippen molar-refractivity contribution in [2.24, 2.45) is 5.92 Å². The molecule has 1 amide bonds. The molecule has 8 heteroatoms. The monoisotopic (exact) mass is 486 g/mol. The van der Waals surface area contributed by atoms with Gasteiger partial charge in [-0.25, -0.2) is 4.98 Å². The van der Waals surface area contributed by atoms with E-state index in [0.717, 1.165) is 4.70 Å². The number of thiazole rings is 1. The maximum Gasteiger partial charge on any atom is 0.297 e. The van der Waals surface area contributed by atoms with Crippen LogP contribution in [0, 0.1) is 5.92 Å². The summed E-state index contributed by atoms with van der Waals surface area (Å²) < 4.78 is 11.6. The number of ether oxygens (including phenoxy) is 2. The highest BCUT2D eigenvalue weighted by molar-refractivity contribution is 7.22. The van der Waals surface area contributed by atoms with Gasteiger partial charge in [0.15, 0.2) is 10.9 Å².